The maximum atomic E-state index is 13.7. The molecule has 176 valence electrons. The van der Waals surface area contributed by atoms with Gasteiger partial charge in [-0.05, 0) is 51.1 Å². The predicted octanol–water partition coefficient (Wildman–Crippen LogP) is 3.71. The van der Waals surface area contributed by atoms with E-state index >= 15 is 0 Å². The van der Waals surface area contributed by atoms with Gasteiger partial charge in [0.2, 0.25) is 17.6 Å². The molecule has 1 atom stereocenters. The Bertz CT molecular complexity index is 1250. The molecule has 1 spiro atoms. The van der Waals surface area contributed by atoms with E-state index in [9.17, 15) is 14.4 Å². The molecular formula is C25H23BrN2O6. The van der Waals surface area contributed by atoms with Crippen LogP contribution in [0.5, 0.6) is 5.75 Å². The van der Waals surface area contributed by atoms with Crippen LogP contribution in [0.4, 0.5) is 5.69 Å². The van der Waals surface area contributed by atoms with Crippen LogP contribution < -0.4 is 15.8 Å². The fraction of sp³-hybridized carbons (Fsp3) is 0.240. The van der Waals surface area contributed by atoms with E-state index in [0.717, 1.165) is 0 Å². The van der Waals surface area contributed by atoms with Gasteiger partial charge in [0.05, 0.1) is 11.7 Å². The van der Waals surface area contributed by atoms with Crippen molar-refractivity contribution in [2.45, 2.75) is 32.3 Å². The summed E-state index contributed by atoms with van der Waals surface area (Å²) in [5.74, 6) is -1.71. The SMILES string of the molecule is CC1=C(C(=O)COc2ccccc2)C2(C(=O)Nc3ccc(Br)cc32)C(C(=O)OC(C)C)=C(N)O1. The Hall–Kier alpha value is -3.59. The summed E-state index contributed by atoms with van der Waals surface area (Å²) >= 11 is 3.42. The van der Waals surface area contributed by atoms with E-state index in [1.807, 2.05) is 6.07 Å². The molecular weight excluding hydrogens is 504 g/mol. The summed E-state index contributed by atoms with van der Waals surface area (Å²) in [4.78, 5) is 40.6. The summed E-state index contributed by atoms with van der Waals surface area (Å²) in [7, 11) is 0. The van der Waals surface area contributed by atoms with Crippen LogP contribution in [-0.2, 0) is 29.3 Å². The number of amides is 1. The average Bonchev–Trinajstić information content (AvgIpc) is 3.03. The van der Waals surface area contributed by atoms with E-state index in [1.54, 1.807) is 56.3 Å². The van der Waals surface area contributed by atoms with Gasteiger partial charge >= 0.3 is 5.97 Å². The summed E-state index contributed by atoms with van der Waals surface area (Å²) in [5, 5.41) is 2.78. The predicted molar refractivity (Wildman–Crippen MR) is 128 cm³/mol. The van der Waals surface area contributed by atoms with Crippen molar-refractivity contribution in [1.82, 2.24) is 0 Å². The number of carbonyl (C=O) groups excluding carboxylic acids is 3. The molecule has 2 aliphatic heterocycles. The molecule has 1 unspecified atom stereocenters. The third kappa shape index (κ3) is 3.86. The number of esters is 1. The first kappa shape index (κ1) is 23.6. The zero-order valence-corrected chi connectivity index (χ0v) is 20.4. The molecule has 0 fully saturated rings. The second kappa shape index (κ2) is 8.98. The fourth-order valence-electron chi connectivity index (χ4n) is 4.28. The number of anilines is 1. The lowest BCUT2D eigenvalue weighted by atomic mass is 9.66. The lowest BCUT2D eigenvalue weighted by Gasteiger charge is -2.36. The van der Waals surface area contributed by atoms with Gasteiger partial charge in [-0.25, -0.2) is 4.79 Å². The molecule has 0 saturated heterocycles. The highest BCUT2D eigenvalue weighted by atomic mass is 79.9. The van der Waals surface area contributed by atoms with Gasteiger partial charge in [-0.15, -0.1) is 0 Å². The van der Waals surface area contributed by atoms with Gasteiger partial charge in [0.25, 0.3) is 0 Å². The van der Waals surface area contributed by atoms with Crippen molar-refractivity contribution in [3.05, 3.63) is 81.4 Å². The summed E-state index contributed by atoms with van der Waals surface area (Å²) in [6.07, 6.45) is -0.496. The number of fused-ring (bicyclic) bond motifs is 2. The standard InChI is InChI=1S/C25H23BrN2O6/c1-13(2)33-23(30)21-22(27)34-14(3)20(19(29)12-32-16-7-5-4-6-8-16)25(21)17-11-15(26)9-10-18(17)28-24(25)31/h4-11,13H,12,27H2,1-3H3,(H,28,31). The Morgan fingerprint density at radius 3 is 2.53 bits per heavy atom. The molecule has 8 nitrogen and oxygen atoms in total. The second-order valence-corrected chi connectivity index (χ2v) is 9.06. The molecule has 9 heteroatoms. The van der Waals surface area contributed by atoms with Crippen LogP contribution in [0.1, 0.15) is 26.3 Å². The highest BCUT2D eigenvalue weighted by Crippen LogP contribution is 2.53. The fourth-order valence-corrected chi connectivity index (χ4v) is 4.64. The molecule has 2 aromatic carbocycles. The highest BCUT2D eigenvalue weighted by molar-refractivity contribution is 9.10. The van der Waals surface area contributed by atoms with Crippen LogP contribution >= 0.6 is 15.9 Å². The molecule has 0 bridgehead atoms. The number of benzene rings is 2. The van der Waals surface area contributed by atoms with Crippen LogP contribution in [0.25, 0.3) is 0 Å². The van der Waals surface area contributed by atoms with Crippen LogP contribution in [-0.4, -0.2) is 30.4 Å². The molecule has 2 aliphatic rings. The number of para-hydroxylation sites is 1. The topological polar surface area (TPSA) is 117 Å². The number of ether oxygens (including phenoxy) is 3. The number of allylic oxidation sites excluding steroid dienone is 1. The zero-order chi connectivity index (χ0) is 24.6. The molecule has 0 saturated carbocycles. The van der Waals surface area contributed by atoms with Gasteiger partial charge < -0.3 is 25.3 Å². The van der Waals surface area contributed by atoms with E-state index in [2.05, 4.69) is 21.2 Å². The minimum absolute atomic E-state index is 0.0392. The number of Topliss-reactive ketones (excluding diaryl/α,β-unsaturated/α-hetero) is 1. The number of carbonyl (C=O) groups is 3. The van der Waals surface area contributed by atoms with E-state index < -0.39 is 29.2 Å². The number of nitrogens with two attached hydrogens (primary N) is 1. The molecule has 0 radical (unpaired) electrons. The van der Waals surface area contributed by atoms with Crippen molar-refractivity contribution < 1.29 is 28.6 Å². The molecule has 0 aromatic heterocycles. The number of hydrogen-bond acceptors (Lipinski definition) is 7. The molecule has 2 heterocycles. The smallest absolute Gasteiger partial charge is 0.341 e. The Morgan fingerprint density at radius 1 is 1.15 bits per heavy atom. The van der Waals surface area contributed by atoms with E-state index in [-0.39, 0.29) is 29.4 Å². The van der Waals surface area contributed by atoms with E-state index in [1.165, 1.54) is 6.92 Å². The van der Waals surface area contributed by atoms with Crippen molar-refractivity contribution in [1.29, 1.82) is 0 Å². The molecule has 1 amide bonds. The van der Waals surface area contributed by atoms with Crippen molar-refractivity contribution in [2.75, 3.05) is 11.9 Å². The summed E-state index contributed by atoms with van der Waals surface area (Å²) in [6, 6.07) is 13.9. The Kier molecular flexibility index (Phi) is 6.22. The van der Waals surface area contributed by atoms with Crippen LogP contribution in [0, 0.1) is 0 Å². The van der Waals surface area contributed by atoms with Crippen molar-refractivity contribution in [3.8, 4) is 5.75 Å². The second-order valence-electron chi connectivity index (χ2n) is 8.15. The Labute approximate surface area is 204 Å². The first-order valence-electron chi connectivity index (χ1n) is 10.6. The highest BCUT2D eigenvalue weighted by Gasteiger charge is 2.61. The molecule has 2 aromatic rings. The molecule has 4 rings (SSSR count). The number of rotatable bonds is 6. The van der Waals surface area contributed by atoms with Crippen LogP contribution in [0.15, 0.2) is 75.8 Å². The largest absolute Gasteiger partial charge is 0.485 e. The molecule has 34 heavy (non-hydrogen) atoms. The van der Waals surface area contributed by atoms with Crippen molar-refractivity contribution in [3.63, 3.8) is 0 Å². The average molecular weight is 527 g/mol. The van der Waals surface area contributed by atoms with Crippen LogP contribution in [0.2, 0.25) is 0 Å². The number of ketones is 1. The van der Waals surface area contributed by atoms with Crippen LogP contribution in [0.3, 0.4) is 0 Å². The zero-order valence-electron chi connectivity index (χ0n) is 18.8. The van der Waals surface area contributed by atoms with E-state index in [0.29, 0.717) is 21.5 Å². The van der Waals surface area contributed by atoms with Crippen molar-refractivity contribution >= 4 is 39.3 Å². The minimum atomic E-state index is -1.87. The molecule has 0 aliphatic carbocycles. The Morgan fingerprint density at radius 2 is 1.85 bits per heavy atom. The lowest BCUT2D eigenvalue weighted by Crippen LogP contribution is -2.49. The van der Waals surface area contributed by atoms with Gasteiger partial charge in [-0.3, -0.25) is 9.59 Å². The summed E-state index contributed by atoms with van der Waals surface area (Å²) in [5.41, 5.74) is 4.85. The van der Waals surface area contributed by atoms with Gasteiger partial charge in [0, 0.05) is 15.7 Å². The first-order valence-corrected chi connectivity index (χ1v) is 11.4. The summed E-state index contributed by atoms with van der Waals surface area (Å²) < 4.78 is 17.4. The minimum Gasteiger partial charge on any atom is -0.485 e. The maximum Gasteiger partial charge on any atom is 0.341 e. The monoisotopic (exact) mass is 526 g/mol. The molecule has 3 N–H and O–H groups in total. The van der Waals surface area contributed by atoms with Crippen molar-refractivity contribution in [2.24, 2.45) is 5.73 Å². The third-order valence-corrected chi connectivity index (χ3v) is 6.02. The van der Waals surface area contributed by atoms with Gasteiger partial charge in [-0.2, -0.15) is 0 Å². The number of nitrogens with one attached hydrogen (secondary N) is 1. The first-order chi connectivity index (χ1) is 16.2. The van der Waals surface area contributed by atoms with Gasteiger partial charge in [-0.1, -0.05) is 34.1 Å². The van der Waals surface area contributed by atoms with Gasteiger partial charge in [0.1, 0.15) is 22.5 Å². The number of hydrogen-bond donors (Lipinski definition) is 2. The maximum absolute atomic E-state index is 13.7. The summed E-state index contributed by atoms with van der Waals surface area (Å²) in [6.45, 7) is 4.49. The normalized spacial score (nSPS) is 19.1. The third-order valence-electron chi connectivity index (χ3n) is 5.52. The number of halogens is 1. The lowest BCUT2D eigenvalue weighted by molar-refractivity contribution is -0.144. The Balaban J connectivity index is 1.89. The quantitative estimate of drug-likeness (QED) is 0.550. The van der Waals surface area contributed by atoms with E-state index in [4.69, 9.17) is 19.9 Å². The van der Waals surface area contributed by atoms with Gasteiger partial charge in [0.15, 0.2) is 6.61 Å².